The van der Waals surface area contributed by atoms with Crippen LogP contribution in [0.1, 0.15) is 41.5 Å². The van der Waals surface area contributed by atoms with Crippen molar-refractivity contribution in [3.63, 3.8) is 0 Å². The van der Waals surface area contributed by atoms with Crippen LogP contribution in [0.25, 0.3) is 0 Å². The summed E-state index contributed by atoms with van der Waals surface area (Å²) in [6, 6.07) is 0. The highest BCUT2D eigenvalue weighted by molar-refractivity contribution is 6.83. The summed E-state index contributed by atoms with van der Waals surface area (Å²) >= 11 is 0. The second kappa shape index (κ2) is 6.04. The zero-order valence-electron chi connectivity index (χ0n) is 10.8. The molecule has 2 N–H and O–H groups in total. The molecule has 0 aliphatic rings. The predicted molar refractivity (Wildman–Crippen MR) is 67.2 cm³/mol. The molecule has 15 heavy (non-hydrogen) atoms. The molecule has 0 amide bonds. The Bertz CT molecular complexity index is 162. The van der Waals surface area contributed by atoms with Gasteiger partial charge in [0.15, 0.2) is 0 Å². The van der Waals surface area contributed by atoms with Crippen molar-refractivity contribution < 1.29 is 14.7 Å². The molecular weight excluding hydrogens is 207 g/mol. The average molecular weight is 232 g/mol. The highest BCUT2D eigenvalue weighted by Crippen LogP contribution is 2.41. The Labute approximate surface area is 95.0 Å². The first kappa shape index (κ1) is 15.2. The van der Waals surface area contributed by atoms with Crippen molar-refractivity contribution in [1.29, 1.82) is 0 Å². The van der Waals surface area contributed by atoms with Gasteiger partial charge in [-0.15, -0.1) is 0 Å². The SMILES string of the molecule is CC(C)[Si](COB(O)O)(C(C)C)C(C)C. The fourth-order valence-electron chi connectivity index (χ4n) is 2.72. The van der Waals surface area contributed by atoms with Gasteiger partial charge in [0.25, 0.3) is 0 Å². The van der Waals surface area contributed by atoms with Gasteiger partial charge in [-0.1, -0.05) is 41.5 Å². The van der Waals surface area contributed by atoms with Crippen molar-refractivity contribution in [2.75, 3.05) is 6.23 Å². The van der Waals surface area contributed by atoms with Crippen molar-refractivity contribution >= 4 is 15.4 Å². The Kier molecular flexibility index (Phi) is 6.10. The lowest BCUT2D eigenvalue weighted by molar-refractivity contribution is 0.210. The Balaban J connectivity index is 4.80. The third-order valence-electron chi connectivity index (χ3n) is 3.71. The molecule has 0 aliphatic carbocycles. The molecule has 0 saturated heterocycles. The third kappa shape index (κ3) is 3.59. The first-order valence-electron chi connectivity index (χ1n) is 5.72. The first-order valence-corrected chi connectivity index (χ1v) is 8.16. The largest absolute Gasteiger partial charge is 0.633 e. The number of rotatable bonds is 6. The van der Waals surface area contributed by atoms with Crippen LogP contribution in [0.3, 0.4) is 0 Å². The van der Waals surface area contributed by atoms with Crippen molar-refractivity contribution in [2.24, 2.45) is 0 Å². The Hall–Kier alpha value is 0.162. The van der Waals surface area contributed by atoms with Crippen molar-refractivity contribution in [1.82, 2.24) is 0 Å². The summed E-state index contributed by atoms with van der Waals surface area (Å²) in [5.74, 6) is 0. The van der Waals surface area contributed by atoms with Gasteiger partial charge in [0.05, 0.1) is 8.07 Å². The Morgan fingerprint density at radius 2 is 1.27 bits per heavy atom. The molecule has 0 atom stereocenters. The summed E-state index contributed by atoms with van der Waals surface area (Å²) in [6.07, 6.45) is 0.525. The quantitative estimate of drug-likeness (QED) is 0.690. The van der Waals surface area contributed by atoms with Crippen LogP contribution in [0.2, 0.25) is 16.6 Å². The standard InChI is InChI=1S/C10H25BO3Si/c1-8(2)15(9(3)4,10(5)6)7-14-11(12)13/h8-10,12-13H,7H2,1-6H3. The molecule has 0 saturated carbocycles. The van der Waals surface area contributed by atoms with E-state index in [9.17, 15) is 0 Å². The van der Waals surface area contributed by atoms with Crippen molar-refractivity contribution in [2.45, 2.75) is 58.2 Å². The normalized spacial score (nSPS) is 13.0. The van der Waals surface area contributed by atoms with Crippen LogP contribution in [-0.2, 0) is 4.65 Å². The van der Waals surface area contributed by atoms with E-state index in [1.807, 2.05) is 0 Å². The molecule has 0 heterocycles. The van der Waals surface area contributed by atoms with E-state index < -0.39 is 15.4 Å². The zero-order chi connectivity index (χ0) is 12.2. The molecule has 0 fully saturated rings. The highest BCUT2D eigenvalue weighted by Gasteiger charge is 2.43. The van der Waals surface area contributed by atoms with Crippen LogP contribution < -0.4 is 0 Å². The van der Waals surface area contributed by atoms with E-state index in [4.69, 9.17) is 14.7 Å². The van der Waals surface area contributed by atoms with Crippen LogP contribution in [0.4, 0.5) is 0 Å². The Morgan fingerprint density at radius 1 is 0.933 bits per heavy atom. The van der Waals surface area contributed by atoms with Crippen LogP contribution in [0.15, 0.2) is 0 Å². The van der Waals surface area contributed by atoms with Crippen LogP contribution in [0, 0.1) is 0 Å². The topological polar surface area (TPSA) is 49.7 Å². The second-order valence-corrected chi connectivity index (χ2v) is 11.2. The maximum atomic E-state index is 8.82. The monoisotopic (exact) mass is 232 g/mol. The molecular formula is C10H25BO3Si. The third-order valence-corrected chi connectivity index (χ3v) is 10.8. The summed E-state index contributed by atoms with van der Waals surface area (Å²) in [4.78, 5) is 0. The van der Waals surface area contributed by atoms with E-state index in [0.717, 1.165) is 0 Å². The minimum Gasteiger partial charge on any atom is -0.402 e. The van der Waals surface area contributed by atoms with Crippen molar-refractivity contribution in [3.8, 4) is 0 Å². The summed E-state index contributed by atoms with van der Waals surface area (Å²) in [5.41, 5.74) is 1.74. The highest BCUT2D eigenvalue weighted by atomic mass is 28.3. The molecule has 0 radical (unpaired) electrons. The summed E-state index contributed by atoms with van der Waals surface area (Å²) in [5, 5.41) is 17.6. The predicted octanol–water partition coefficient (Wildman–Crippen LogP) is 2.19. The smallest absolute Gasteiger partial charge is 0.402 e. The van der Waals surface area contributed by atoms with Gasteiger partial charge >= 0.3 is 7.32 Å². The van der Waals surface area contributed by atoms with Gasteiger partial charge in [-0.05, 0) is 16.6 Å². The molecule has 5 heteroatoms. The number of hydrogen-bond donors (Lipinski definition) is 2. The lowest BCUT2D eigenvalue weighted by Gasteiger charge is -2.42. The zero-order valence-corrected chi connectivity index (χ0v) is 11.8. The van der Waals surface area contributed by atoms with Gasteiger partial charge in [0, 0.05) is 6.23 Å². The van der Waals surface area contributed by atoms with Gasteiger partial charge in [0.1, 0.15) is 0 Å². The van der Waals surface area contributed by atoms with Crippen LogP contribution >= 0.6 is 0 Å². The number of hydrogen-bond acceptors (Lipinski definition) is 3. The lowest BCUT2D eigenvalue weighted by atomic mass is 10.3. The molecule has 0 rings (SSSR count). The minimum absolute atomic E-state index is 0.525. The second-order valence-electron chi connectivity index (χ2n) is 5.21. The Morgan fingerprint density at radius 3 is 1.47 bits per heavy atom. The fraction of sp³-hybridized carbons (Fsp3) is 1.00. The van der Waals surface area contributed by atoms with Crippen LogP contribution in [-0.4, -0.2) is 31.7 Å². The summed E-state index contributed by atoms with van der Waals surface area (Å²) in [7, 11) is -3.26. The minimum atomic E-state index is -1.63. The molecule has 0 spiro atoms. The van der Waals surface area contributed by atoms with Gasteiger partial charge in [0.2, 0.25) is 0 Å². The van der Waals surface area contributed by atoms with Gasteiger partial charge in [-0.25, -0.2) is 0 Å². The molecule has 0 bridgehead atoms. The molecule has 0 aromatic rings. The fourth-order valence-corrected chi connectivity index (χ4v) is 8.16. The molecule has 0 aromatic carbocycles. The average Bonchev–Trinajstić information content (AvgIpc) is 2.02. The van der Waals surface area contributed by atoms with Crippen LogP contribution in [0.5, 0.6) is 0 Å². The van der Waals surface area contributed by atoms with E-state index in [0.29, 0.717) is 22.9 Å². The first-order chi connectivity index (χ1) is 6.75. The molecule has 90 valence electrons. The van der Waals surface area contributed by atoms with E-state index in [1.54, 1.807) is 0 Å². The van der Waals surface area contributed by atoms with Gasteiger partial charge in [-0.3, -0.25) is 0 Å². The van der Waals surface area contributed by atoms with Crippen molar-refractivity contribution in [3.05, 3.63) is 0 Å². The lowest BCUT2D eigenvalue weighted by Crippen LogP contribution is -2.50. The van der Waals surface area contributed by atoms with E-state index in [1.165, 1.54) is 0 Å². The molecule has 0 aliphatic heterocycles. The summed E-state index contributed by atoms with van der Waals surface area (Å²) in [6.45, 7) is 13.3. The molecule has 0 aromatic heterocycles. The molecule has 0 unspecified atom stereocenters. The van der Waals surface area contributed by atoms with E-state index in [2.05, 4.69) is 41.5 Å². The van der Waals surface area contributed by atoms with E-state index in [-0.39, 0.29) is 0 Å². The molecule has 3 nitrogen and oxygen atoms in total. The maximum absolute atomic E-state index is 8.82. The van der Waals surface area contributed by atoms with E-state index >= 15 is 0 Å². The van der Waals surface area contributed by atoms with Gasteiger partial charge < -0.3 is 14.7 Å². The van der Waals surface area contributed by atoms with Gasteiger partial charge in [-0.2, -0.15) is 0 Å². The maximum Gasteiger partial charge on any atom is 0.633 e. The summed E-state index contributed by atoms with van der Waals surface area (Å²) < 4.78 is 5.06.